The van der Waals surface area contributed by atoms with Crippen molar-refractivity contribution in [2.45, 2.75) is 6.42 Å². The van der Waals surface area contributed by atoms with Crippen LogP contribution in [0.15, 0.2) is 33.7 Å². The Morgan fingerprint density at radius 1 is 1.31 bits per heavy atom. The van der Waals surface area contributed by atoms with Crippen LogP contribution in [0.1, 0.15) is 6.42 Å². The van der Waals surface area contributed by atoms with Gasteiger partial charge in [-0.2, -0.15) is 0 Å². The van der Waals surface area contributed by atoms with Crippen LogP contribution in [0.4, 0.5) is 0 Å². The molecule has 0 spiro atoms. The van der Waals surface area contributed by atoms with Crippen LogP contribution in [0, 0.1) is 0 Å². The van der Waals surface area contributed by atoms with Crippen molar-refractivity contribution >= 4 is 38.9 Å². The largest absolute Gasteiger partial charge is 0.144 e. The van der Waals surface area contributed by atoms with E-state index in [-0.39, 0.29) is 0 Å². The molecule has 0 bridgehead atoms. The Hall–Kier alpha value is -0.600. The second kappa shape index (κ2) is 2.69. The highest BCUT2D eigenvalue weighted by atomic mass is 79.9. The van der Waals surface area contributed by atoms with Crippen molar-refractivity contribution in [2.24, 2.45) is 0 Å². The van der Waals surface area contributed by atoms with Gasteiger partial charge in [0.1, 0.15) is 0 Å². The summed E-state index contributed by atoms with van der Waals surface area (Å²) in [7, 11) is 0. The zero-order valence-corrected chi connectivity index (χ0v) is 9.28. The standard InChI is InChI=1S/C11H7BrS/c12-8-2-1-7-5-11-9(3-4-13-11)10(7)6-8/h1-5H,6H2. The normalized spacial score (nSPS) is 18.7. The molecule has 0 aromatic carbocycles. The molecule has 1 heterocycles. The highest BCUT2D eigenvalue weighted by molar-refractivity contribution is 9.11. The van der Waals surface area contributed by atoms with Gasteiger partial charge in [-0.1, -0.05) is 28.1 Å². The van der Waals surface area contributed by atoms with Crippen molar-refractivity contribution in [3.05, 3.63) is 43.4 Å². The summed E-state index contributed by atoms with van der Waals surface area (Å²) in [5.74, 6) is 0. The van der Waals surface area contributed by atoms with Gasteiger partial charge >= 0.3 is 0 Å². The van der Waals surface area contributed by atoms with Crippen LogP contribution in [0.25, 0.3) is 11.6 Å². The fourth-order valence-corrected chi connectivity index (χ4v) is 3.10. The first kappa shape index (κ1) is 7.77. The van der Waals surface area contributed by atoms with Crippen molar-refractivity contribution in [3.8, 4) is 0 Å². The summed E-state index contributed by atoms with van der Waals surface area (Å²) >= 11 is 5.37. The van der Waals surface area contributed by atoms with Gasteiger partial charge in [-0.05, 0) is 38.4 Å². The topological polar surface area (TPSA) is 0 Å². The molecule has 2 aliphatic rings. The fourth-order valence-electron chi connectivity index (χ4n) is 1.82. The molecule has 0 radical (unpaired) electrons. The number of rotatable bonds is 0. The third-order valence-corrected chi connectivity index (χ3v) is 3.85. The molecule has 0 aliphatic heterocycles. The van der Waals surface area contributed by atoms with Crippen LogP contribution in [0.3, 0.4) is 0 Å². The van der Waals surface area contributed by atoms with E-state index in [2.05, 4.69) is 45.6 Å². The molecule has 0 fully saturated rings. The third kappa shape index (κ3) is 1.09. The van der Waals surface area contributed by atoms with Gasteiger partial charge in [0.2, 0.25) is 0 Å². The number of halogens is 1. The lowest BCUT2D eigenvalue weighted by molar-refractivity contribution is 1.34. The number of allylic oxidation sites excluding steroid dienone is 4. The molecule has 0 saturated carbocycles. The third-order valence-electron chi connectivity index (χ3n) is 2.44. The number of hydrogen-bond acceptors (Lipinski definition) is 1. The fraction of sp³-hybridized carbons (Fsp3) is 0.0909. The van der Waals surface area contributed by atoms with E-state index in [4.69, 9.17) is 0 Å². The van der Waals surface area contributed by atoms with Gasteiger partial charge in [0.15, 0.2) is 0 Å². The molecular formula is C11H7BrS. The Morgan fingerprint density at radius 2 is 2.23 bits per heavy atom. The van der Waals surface area contributed by atoms with E-state index < -0.39 is 0 Å². The lowest BCUT2D eigenvalue weighted by atomic mass is 10.0. The molecule has 1 aromatic heterocycles. The van der Waals surface area contributed by atoms with Crippen molar-refractivity contribution in [2.75, 3.05) is 0 Å². The van der Waals surface area contributed by atoms with Gasteiger partial charge in [0.25, 0.3) is 0 Å². The first-order valence-corrected chi connectivity index (χ1v) is 5.87. The van der Waals surface area contributed by atoms with Gasteiger partial charge in [-0.3, -0.25) is 0 Å². The van der Waals surface area contributed by atoms with Crippen molar-refractivity contribution < 1.29 is 0 Å². The molecule has 0 unspecified atom stereocenters. The maximum Gasteiger partial charge on any atom is 0.0351 e. The van der Waals surface area contributed by atoms with Crippen molar-refractivity contribution in [1.29, 1.82) is 0 Å². The second-order valence-corrected chi connectivity index (χ2v) is 5.20. The molecule has 64 valence electrons. The molecule has 13 heavy (non-hydrogen) atoms. The second-order valence-electron chi connectivity index (χ2n) is 3.23. The van der Waals surface area contributed by atoms with Gasteiger partial charge in [0.05, 0.1) is 0 Å². The SMILES string of the molecule is BrC1=CC=C2C=c3sccc3=C2C1. The van der Waals surface area contributed by atoms with Crippen LogP contribution in [-0.4, -0.2) is 0 Å². The summed E-state index contributed by atoms with van der Waals surface area (Å²) in [5, 5.41) is 3.60. The maximum absolute atomic E-state index is 3.55. The average Bonchev–Trinajstić information content (AvgIpc) is 2.64. The highest BCUT2D eigenvalue weighted by Gasteiger charge is 2.14. The Balaban J connectivity index is 2.37. The van der Waals surface area contributed by atoms with E-state index in [1.165, 1.54) is 25.4 Å². The van der Waals surface area contributed by atoms with E-state index in [1.54, 1.807) is 0 Å². The molecule has 0 saturated heterocycles. The summed E-state index contributed by atoms with van der Waals surface area (Å²) in [4.78, 5) is 0. The summed E-state index contributed by atoms with van der Waals surface area (Å²) in [5.41, 5.74) is 2.87. The van der Waals surface area contributed by atoms with Crippen molar-refractivity contribution in [3.63, 3.8) is 0 Å². The molecule has 1 aromatic rings. The lowest BCUT2D eigenvalue weighted by Crippen LogP contribution is -2.15. The van der Waals surface area contributed by atoms with Crippen LogP contribution >= 0.6 is 27.3 Å². The predicted octanol–water partition coefficient (Wildman–Crippen LogP) is 2.30. The maximum atomic E-state index is 3.55. The number of thiophene rings is 1. The van der Waals surface area contributed by atoms with Crippen LogP contribution in [0.2, 0.25) is 0 Å². The van der Waals surface area contributed by atoms with Gasteiger partial charge < -0.3 is 0 Å². The molecule has 0 nitrogen and oxygen atoms in total. The summed E-state index contributed by atoms with van der Waals surface area (Å²) in [6.07, 6.45) is 7.67. The van der Waals surface area contributed by atoms with Gasteiger partial charge in [-0.15, -0.1) is 11.3 Å². The minimum atomic E-state index is 1.05. The zero-order valence-electron chi connectivity index (χ0n) is 6.88. The summed E-state index contributed by atoms with van der Waals surface area (Å²) in [6, 6.07) is 2.22. The highest BCUT2D eigenvalue weighted by Crippen LogP contribution is 2.30. The monoisotopic (exact) mass is 250 g/mol. The van der Waals surface area contributed by atoms with Crippen molar-refractivity contribution in [1.82, 2.24) is 0 Å². The number of fused-ring (bicyclic) bond motifs is 2. The van der Waals surface area contributed by atoms with Gasteiger partial charge in [0, 0.05) is 11.0 Å². The van der Waals surface area contributed by atoms with E-state index in [0.717, 1.165) is 6.42 Å². The first-order chi connectivity index (χ1) is 6.34. The van der Waals surface area contributed by atoms with E-state index in [1.807, 2.05) is 11.3 Å². The van der Waals surface area contributed by atoms with E-state index in [9.17, 15) is 0 Å². The minimum Gasteiger partial charge on any atom is -0.144 e. The lowest BCUT2D eigenvalue weighted by Gasteiger charge is -2.08. The summed E-state index contributed by atoms with van der Waals surface area (Å²) in [6.45, 7) is 0. The quantitative estimate of drug-likeness (QED) is 0.663. The molecular weight excluding hydrogens is 244 g/mol. The van der Waals surface area contributed by atoms with E-state index in [0.29, 0.717) is 0 Å². The van der Waals surface area contributed by atoms with Crippen LogP contribution < -0.4 is 9.75 Å². The van der Waals surface area contributed by atoms with Crippen LogP contribution in [-0.2, 0) is 0 Å². The summed E-state index contributed by atoms with van der Waals surface area (Å²) < 4.78 is 2.69. The Labute approximate surface area is 88.7 Å². The van der Waals surface area contributed by atoms with Gasteiger partial charge in [-0.25, -0.2) is 0 Å². The molecule has 0 atom stereocenters. The molecule has 2 heteroatoms. The molecule has 0 N–H and O–H groups in total. The first-order valence-electron chi connectivity index (χ1n) is 4.20. The number of hydrogen-bond donors (Lipinski definition) is 0. The predicted molar refractivity (Wildman–Crippen MR) is 61.2 cm³/mol. The molecule has 2 aliphatic carbocycles. The Morgan fingerprint density at radius 3 is 3.15 bits per heavy atom. The average molecular weight is 251 g/mol. The Bertz CT molecular complexity index is 543. The zero-order chi connectivity index (χ0) is 8.84. The molecule has 0 amide bonds. The van der Waals surface area contributed by atoms with Crippen LogP contribution in [0.5, 0.6) is 0 Å². The smallest absolute Gasteiger partial charge is 0.0351 e. The minimum absolute atomic E-state index is 1.05. The molecule has 3 rings (SSSR count). The van der Waals surface area contributed by atoms with E-state index >= 15 is 0 Å². The Kier molecular flexibility index (Phi) is 1.61.